The van der Waals surface area contributed by atoms with Crippen LogP contribution in [0, 0.1) is 0 Å². The van der Waals surface area contributed by atoms with E-state index < -0.39 is 5.54 Å². The number of hydrogen-bond donors (Lipinski definition) is 1. The monoisotopic (exact) mass is 242 g/mol. The summed E-state index contributed by atoms with van der Waals surface area (Å²) >= 11 is 0. The number of nitrogens with one attached hydrogen (secondary N) is 1. The quantitative estimate of drug-likeness (QED) is 0.247. The Labute approximate surface area is 100 Å². The molecule has 0 aliphatic carbocycles. The fraction of sp³-hybridized carbons (Fsp3) is 0.900. The number of azide groups is 1. The molecule has 1 rings (SSSR count). The largest absolute Gasteiger partial charge is 0.465 e. The van der Waals surface area contributed by atoms with Crippen molar-refractivity contribution in [3.8, 4) is 0 Å². The molecule has 1 aliphatic heterocycles. The minimum absolute atomic E-state index is 0.291. The van der Waals surface area contributed by atoms with E-state index in [2.05, 4.69) is 15.3 Å². The molecular weight excluding hydrogens is 224 g/mol. The topological polar surface area (TPSA) is 96.3 Å². The van der Waals surface area contributed by atoms with Crippen LogP contribution in [0.2, 0.25) is 0 Å². The van der Waals surface area contributed by atoms with Gasteiger partial charge in [-0.05, 0) is 25.3 Å². The lowest BCUT2D eigenvalue weighted by Crippen LogP contribution is -2.58. The molecule has 0 bridgehead atoms. The van der Waals surface area contributed by atoms with Crippen molar-refractivity contribution in [2.45, 2.75) is 25.3 Å². The molecule has 0 saturated carbocycles. The molecule has 1 atom stereocenters. The van der Waals surface area contributed by atoms with Gasteiger partial charge >= 0.3 is 5.97 Å². The van der Waals surface area contributed by atoms with Crippen molar-refractivity contribution >= 4 is 5.97 Å². The van der Waals surface area contributed by atoms with Crippen LogP contribution in [0.1, 0.15) is 19.8 Å². The second kappa shape index (κ2) is 7.11. The third-order valence-electron chi connectivity index (χ3n) is 2.65. The Morgan fingerprint density at radius 2 is 2.53 bits per heavy atom. The molecule has 7 nitrogen and oxygen atoms in total. The third-order valence-corrected chi connectivity index (χ3v) is 2.65. The fourth-order valence-electron chi connectivity index (χ4n) is 1.83. The van der Waals surface area contributed by atoms with Gasteiger partial charge in [-0.1, -0.05) is 5.11 Å². The SMILES string of the molecule is CCOC(=O)C1(NCCN=[N+]=[N-])CCCOC1. The van der Waals surface area contributed by atoms with Crippen molar-refractivity contribution in [2.24, 2.45) is 5.11 Å². The summed E-state index contributed by atoms with van der Waals surface area (Å²) in [5, 5.41) is 6.51. The van der Waals surface area contributed by atoms with Crippen LogP contribution in [0.25, 0.3) is 10.4 Å². The first kappa shape index (κ1) is 13.8. The average Bonchev–Trinajstić information content (AvgIpc) is 2.36. The Balaban J connectivity index is 2.57. The molecule has 0 spiro atoms. The molecule has 96 valence electrons. The van der Waals surface area contributed by atoms with Crippen LogP contribution in [0.5, 0.6) is 0 Å². The highest BCUT2D eigenvalue weighted by Gasteiger charge is 2.41. The van der Waals surface area contributed by atoms with Crippen LogP contribution in [0.4, 0.5) is 0 Å². The normalized spacial score (nSPS) is 23.8. The van der Waals surface area contributed by atoms with E-state index in [1.54, 1.807) is 6.92 Å². The lowest BCUT2D eigenvalue weighted by molar-refractivity contribution is -0.157. The van der Waals surface area contributed by atoms with Crippen molar-refractivity contribution in [1.82, 2.24) is 5.32 Å². The maximum atomic E-state index is 11.9. The molecule has 17 heavy (non-hydrogen) atoms. The highest BCUT2D eigenvalue weighted by atomic mass is 16.5. The molecule has 0 aromatic heterocycles. The molecule has 0 amide bonds. The smallest absolute Gasteiger partial charge is 0.328 e. The van der Waals surface area contributed by atoms with Crippen molar-refractivity contribution in [3.05, 3.63) is 10.4 Å². The molecular formula is C10H18N4O3. The number of rotatable bonds is 6. The van der Waals surface area contributed by atoms with E-state index >= 15 is 0 Å². The van der Waals surface area contributed by atoms with E-state index in [9.17, 15) is 4.79 Å². The first-order chi connectivity index (χ1) is 8.25. The molecule has 1 fully saturated rings. The van der Waals surface area contributed by atoms with E-state index in [0.29, 0.717) is 39.3 Å². The molecule has 0 radical (unpaired) electrons. The fourth-order valence-corrected chi connectivity index (χ4v) is 1.83. The summed E-state index contributed by atoms with van der Waals surface area (Å²) in [6, 6.07) is 0. The molecule has 1 heterocycles. The van der Waals surface area contributed by atoms with Gasteiger partial charge in [0, 0.05) is 24.6 Å². The van der Waals surface area contributed by atoms with Crippen LogP contribution in [0.3, 0.4) is 0 Å². The highest BCUT2D eigenvalue weighted by Crippen LogP contribution is 2.20. The van der Waals surface area contributed by atoms with Gasteiger partial charge in [-0.15, -0.1) is 0 Å². The van der Waals surface area contributed by atoms with Crippen LogP contribution >= 0.6 is 0 Å². The maximum Gasteiger partial charge on any atom is 0.328 e. The number of carbonyl (C=O) groups is 1. The standard InChI is InChI=1S/C10H18N4O3/c1-2-17-9(15)10(4-3-7-16-8-10)12-5-6-13-14-11/h12H,2-8H2,1H3. The summed E-state index contributed by atoms with van der Waals surface area (Å²) in [5.41, 5.74) is 7.40. The van der Waals surface area contributed by atoms with Crippen LogP contribution < -0.4 is 5.32 Å². The third kappa shape index (κ3) is 3.89. The second-order valence-corrected chi connectivity index (χ2v) is 3.84. The summed E-state index contributed by atoms with van der Waals surface area (Å²) in [5.74, 6) is -0.291. The number of esters is 1. The lowest BCUT2D eigenvalue weighted by Gasteiger charge is -2.35. The van der Waals surface area contributed by atoms with Crippen LogP contribution in [-0.4, -0.2) is 44.4 Å². The number of nitrogens with zero attached hydrogens (tertiary/aromatic N) is 3. The second-order valence-electron chi connectivity index (χ2n) is 3.84. The zero-order valence-corrected chi connectivity index (χ0v) is 10.0. The van der Waals surface area contributed by atoms with Gasteiger partial charge in [-0.3, -0.25) is 5.32 Å². The molecule has 0 aromatic carbocycles. The molecule has 1 aliphatic rings. The van der Waals surface area contributed by atoms with Crippen LogP contribution in [-0.2, 0) is 14.3 Å². The Morgan fingerprint density at radius 3 is 3.12 bits per heavy atom. The van der Waals surface area contributed by atoms with E-state index in [4.69, 9.17) is 15.0 Å². The zero-order chi connectivity index (χ0) is 12.6. The van der Waals surface area contributed by atoms with Gasteiger partial charge in [-0.25, -0.2) is 4.79 Å². The van der Waals surface area contributed by atoms with Gasteiger partial charge < -0.3 is 9.47 Å². The highest BCUT2D eigenvalue weighted by molar-refractivity contribution is 5.81. The number of carbonyl (C=O) groups excluding carboxylic acids is 1. The lowest BCUT2D eigenvalue weighted by atomic mass is 9.92. The van der Waals surface area contributed by atoms with E-state index in [-0.39, 0.29) is 5.97 Å². The van der Waals surface area contributed by atoms with Gasteiger partial charge in [0.15, 0.2) is 0 Å². The van der Waals surface area contributed by atoms with Gasteiger partial charge in [0.05, 0.1) is 13.2 Å². The first-order valence-corrected chi connectivity index (χ1v) is 5.76. The van der Waals surface area contributed by atoms with Gasteiger partial charge in [0.2, 0.25) is 0 Å². The van der Waals surface area contributed by atoms with E-state index in [1.165, 1.54) is 0 Å². The molecule has 7 heteroatoms. The minimum atomic E-state index is -0.779. The Bertz CT molecular complexity index is 296. The predicted octanol–water partition coefficient (Wildman–Crippen LogP) is 0.999. The Morgan fingerprint density at radius 1 is 1.71 bits per heavy atom. The molecule has 0 aromatic rings. The van der Waals surface area contributed by atoms with E-state index in [0.717, 1.165) is 6.42 Å². The summed E-state index contributed by atoms with van der Waals surface area (Å²) in [7, 11) is 0. The zero-order valence-electron chi connectivity index (χ0n) is 10.0. The summed E-state index contributed by atoms with van der Waals surface area (Å²) in [6.45, 7) is 3.83. The molecule has 1 N–H and O–H groups in total. The van der Waals surface area contributed by atoms with Crippen molar-refractivity contribution < 1.29 is 14.3 Å². The van der Waals surface area contributed by atoms with E-state index in [1.807, 2.05) is 0 Å². The Hall–Kier alpha value is -1.30. The maximum absolute atomic E-state index is 11.9. The van der Waals surface area contributed by atoms with Crippen molar-refractivity contribution in [3.63, 3.8) is 0 Å². The van der Waals surface area contributed by atoms with Gasteiger partial charge in [0.1, 0.15) is 5.54 Å². The van der Waals surface area contributed by atoms with Gasteiger partial charge in [-0.2, -0.15) is 0 Å². The number of ether oxygens (including phenoxy) is 2. The summed E-state index contributed by atoms with van der Waals surface area (Å²) in [4.78, 5) is 14.6. The summed E-state index contributed by atoms with van der Waals surface area (Å²) < 4.78 is 10.4. The average molecular weight is 242 g/mol. The van der Waals surface area contributed by atoms with Gasteiger partial charge in [0.25, 0.3) is 0 Å². The molecule has 1 saturated heterocycles. The minimum Gasteiger partial charge on any atom is -0.465 e. The summed E-state index contributed by atoms with van der Waals surface area (Å²) in [6.07, 6.45) is 1.50. The molecule has 1 unspecified atom stereocenters. The van der Waals surface area contributed by atoms with Crippen molar-refractivity contribution in [2.75, 3.05) is 32.9 Å². The van der Waals surface area contributed by atoms with Crippen molar-refractivity contribution in [1.29, 1.82) is 0 Å². The number of hydrogen-bond acceptors (Lipinski definition) is 5. The van der Waals surface area contributed by atoms with Crippen LogP contribution in [0.15, 0.2) is 5.11 Å². The first-order valence-electron chi connectivity index (χ1n) is 5.76. The predicted molar refractivity (Wildman–Crippen MR) is 61.4 cm³/mol. The Kier molecular flexibility index (Phi) is 5.76.